The Morgan fingerprint density at radius 2 is 1.43 bits per heavy atom. The number of aromatic nitrogens is 2. The van der Waals surface area contributed by atoms with Crippen LogP contribution in [0.2, 0.25) is 0 Å². The number of rotatable bonds is 4. The first-order valence-electron chi connectivity index (χ1n) is 15.2. The summed E-state index contributed by atoms with van der Waals surface area (Å²) >= 11 is 5.08. The number of piperidine rings is 1. The van der Waals surface area contributed by atoms with Crippen molar-refractivity contribution in [1.82, 2.24) is 19.8 Å². The molecule has 230 valence electrons. The van der Waals surface area contributed by atoms with Gasteiger partial charge in [-0.25, -0.2) is 9.97 Å². The number of carbonyl (C=O) groups is 1. The molecular formula is C34H40N6OS3. The minimum Gasteiger partial charge on any atom is -0.390 e. The molecule has 0 bridgehead atoms. The van der Waals surface area contributed by atoms with Crippen LogP contribution in [0.15, 0.2) is 48.5 Å². The number of thiophene rings is 1. The molecule has 0 radical (unpaired) electrons. The Bertz CT molecular complexity index is 1690. The molecule has 2 aliphatic rings. The smallest absolute Gasteiger partial charge is 0.135 e. The zero-order valence-corrected chi connectivity index (χ0v) is 28.3. The quantitative estimate of drug-likeness (QED) is 0.213. The van der Waals surface area contributed by atoms with Crippen LogP contribution >= 0.6 is 34.0 Å². The summed E-state index contributed by atoms with van der Waals surface area (Å²) < 4.78 is 2.39. The molecule has 7 rings (SSSR count). The fraction of sp³-hybridized carbons (Fsp3) is 0.412. The standard InChI is InChI=1S/C17H19N3S2.C9H6N2S.C8H15NO/c1-10(2)20-8-7-11-14(9-20)21-16(18)15(11)17-19-12-5-3-4-6-13(12)22-17;10-6-5-9-11-7-3-1-2-4-8(7)12-9;1-7(2)9-5-3-8(10)4-6-9/h3-6,10H,7-9,18H2,1-2H3;1-4H,5H2;7H,3-6H2,1-2H3. The third-order valence-electron chi connectivity index (χ3n) is 8.01. The second-order valence-corrected chi connectivity index (χ2v) is 14.9. The lowest BCUT2D eigenvalue weighted by atomic mass is 10.0. The molecule has 5 aromatic rings. The molecule has 0 unspecified atom stereocenters. The van der Waals surface area contributed by atoms with Crippen LogP contribution in [0.5, 0.6) is 0 Å². The maximum atomic E-state index is 10.8. The number of nitrogens with zero attached hydrogens (tertiary/aromatic N) is 5. The number of carbonyl (C=O) groups excluding carboxylic acids is 1. The molecule has 2 aromatic carbocycles. The lowest BCUT2D eigenvalue weighted by molar-refractivity contribution is -0.121. The molecule has 1 saturated heterocycles. The molecule has 0 atom stereocenters. The fourth-order valence-electron chi connectivity index (χ4n) is 5.45. The first-order chi connectivity index (χ1) is 21.2. The number of ketones is 1. The van der Waals surface area contributed by atoms with E-state index in [9.17, 15) is 4.79 Å². The van der Waals surface area contributed by atoms with Crippen molar-refractivity contribution in [1.29, 1.82) is 5.26 Å². The number of anilines is 1. The Morgan fingerprint density at radius 1 is 0.841 bits per heavy atom. The van der Waals surface area contributed by atoms with E-state index in [1.807, 2.05) is 30.3 Å². The van der Waals surface area contributed by atoms with Gasteiger partial charge in [-0.1, -0.05) is 24.3 Å². The number of nitriles is 1. The van der Waals surface area contributed by atoms with Gasteiger partial charge >= 0.3 is 0 Å². The minimum atomic E-state index is 0.416. The largest absolute Gasteiger partial charge is 0.390 e. The second kappa shape index (κ2) is 14.7. The van der Waals surface area contributed by atoms with E-state index in [2.05, 4.69) is 66.7 Å². The number of para-hydroxylation sites is 2. The Labute approximate surface area is 272 Å². The first kappa shape index (κ1) is 32.2. The summed E-state index contributed by atoms with van der Waals surface area (Å²) in [5.74, 6) is 0.428. The SMILES string of the molecule is CC(C)N1CCC(=O)CC1.CC(C)N1CCc2c(sc(N)c2-c2nc3ccccc3s2)C1.N#CCc1nc2ccccc2s1. The molecule has 0 amide bonds. The number of Topliss-reactive ketones (excluding diaryl/α,β-unsaturated/α-hetero) is 1. The highest BCUT2D eigenvalue weighted by atomic mass is 32.1. The van der Waals surface area contributed by atoms with Gasteiger partial charge in [0.1, 0.15) is 15.8 Å². The predicted molar refractivity (Wildman–Crippen MR) is 186 cm³/mol. The van der Waals surface area contributed by atoms with Crippen LogP contribution in [-0.2, 0) is 24.2 Å². The summed E-state index contributed by atoms with van der Waals surface area (Å²) in [5.41, 5.74) is 11.1. The zero-order valence-electron chi connectivity index (χ0n) is 25.9. The molecular weight excluding hydrogens is 605 g/mol. The lowest BCUT2D eigenvalue weighted by Gasteiger charge is -2.30. The van der Waals surface area contributed by atoms with E-state index < -0.39 is 0 Å². The number of fused-ring (bicyclic) bond motifs is 3. The Balaban J connectivity index is 0.000000147. The van der Waals surface area contributed by atoms with Crippen molar-refractivity contribution in [3.63, 3.8) is 0 Å². The highest BCUT2D eigenvalue weighted by Crippen LogP contribution is 2.44. The normalized spacial score (nSPS) is 15.5. The van der Waals surface area contributed by atoms with Crippen LogP contribution < -0.4 is 5.73 Å². The third kappa shape index (κ3) is 7.71. The van der Waals surface area contributed by atoms with E-state index in [4.69, 9.17) is 16.0 Å². The molecule has 7 nitrogen and oxygen atoms in total. The summed E-state index contributed by atoms with van der Waals surface area (Å²) in [6.07, 6.45) is 3.02. The van der Waals surface area contributed by atoms with Gasteiger partial charge in [0, 0.05) is 61.5 Å². The summed E-state index contributed by atoms with van der Waals surface area (Å²) in [4.78, 5) is 26.2. The molecule has 2 aliphatic heterocycles. The topological polar surface area (TPSA) is 99.1 Å². The molecule has 1 fully saturated rings. The minimum absolute atomic E-state index is 0.416. The molecule has 0 saturated carbocycles. The molecule has 0 spiro atoms. The number of likely N-dealkylation sites (tertiary alicyclic amines) is 1. The monoisotopic (exact) mass is 644 g/mol. The number of hydrogen-bond acceptors (Lipinski definition) is 10. The van der Waals surface area contributed by atoms with Crippen LogP contribution in [0.25, 0.3) is 31.0 Å². The zero-order chi connectivity index (χ0) is 31.2. The third-order valence-corrected chi connectivity index (χ3v) is 11.1. The van der Waals surface area contributed by atoms with E-state index in [-0.39, 0.29) is 0 Å². The van der Waals surface area contributed by atoms with Gasteiger partial charge in [-0.3, -0.25) is 9.69 Å². The van der Waals surface area contributed by atoms with Gasteiger partial charge < -0.3 is 10.6 Å². The highest BCUT2D eigenvalue weighted by Gasteiger charge is 2.26. The molecule has 10 heteroatoms. The average Bonchev–Trinajstić information content (AvgIpc) is 3.71. The van der Waals surface area contributed by atoms with Crippen LogP contribution in [0.3, 0.4) is 0 Å². The van der Waals surface area contributed by atoms with Crippen LogP contribution in [0.1, 0.15) is 56.0 Å². The van der Waals surface area contributed by atoms with Gasteiger partial charge in [-0.15, -0.1) is 34.0 Å². The fourth-order valence-corrected chi connectivity index (χ4v) is 8.61. The first-order valence-corrected chi connectivity index (χ1v) is 17.7. The van der Waals surface area contributed by atoms with E-state index in [0.717, 1.165) is 76.2 Å². The molecule has 5 heterocycles. The van der Waals surface area contributed by atoms with Crippen LogP contribution in [-0.4, -0.2) is 57.3 Å². The molecule has 44 heavy (non-hydrogen) atoms. The Morgan fingerprint density at radius 3 is 2.02 bits per heavy atom. The number of nitrogen functional groups attached to an aromatic ring is 1. The van der Waals surface area contributed by atoms with Gasteiger partial charge in [0.05, 0.1) is 37.9 Å². The van der Waals surface area contributed by atoms with Gasteiger partial charge in [0.25, 0.3) is 0 Å². The van der Waals surface area contributed by atoms with Crippen molar-refractivity contribution < 1.29 is 4.79 Å². The molecule has 2 N–H and O–H groups in total. The summed E-state index contributed by atoms with van der Waals surface area (Å²) in [5, 5.41) is 11.4. The van der Waals surface area contributed by atoms with E-state index in [1.165, 1.54) is 20.7 Å². The maximum Gasteiger partial charge on any atom is 0.135 e. The van der Waals surface area contributed by atoms with Crippen molar-refractivity contribution in [2.24, 2.45) is 0 Å². The van der Waals surface area contributed by atoms with Crippen molar-refractivity contribution in [3.8, 4) is 16.6 Å². The molecule has 0 aliphatic carbocycles. The van der Waals surface area contributed by atoms with Crippen LogP contribution in [0.4, 0.5) is 5.00 Å². The van der Waals surface area contributed by atoms with Crippen molar-refractivity contribution in [3.05, 3.63) is 64.0 Å². The number of nitrogens with two attached hydrogens (primary N) is 1. The second-order valence-electron chi connectivity index (χ2n) is 11.6. The molecule has 3 aromatic heterocycles. The van der Waals surface area contributed by atoms with Gasteiger partial charge in [-0.05, 0) is 63.9 Å². The Kier molecular flexibility index (Phi) is 10.8. The van der Waals surface area contributed by atoms with Gasteiger partial charge in [-0.2, -0.15) is 5.26 Å². The number of hydrogen-bond donors (Lipinski definition) is 1. The highest BCUT2D eigenvalue weighted by molar-refractivity contribution is 7.22. The van der Waals surface area contributed by atoms with Crippen LogP contribution in [0, 0.1) is 11.3 Å². The van der Waals surface area contributed by atoms with Crippen molar-refractivity contribution in [2.75, 3.05) is 25.4 Å². The van der Waals surface area contributed by atoms with E-state index in [0.29, 0.717) is 24.3 Å². The van der Waals surface area contributed by atoms with Crippen molar-refractivity contribution in [2.45, 2.75) is 72.0 Å². The van der Waals surface area contributed by atoms with Crippen molar-refractivity contribution >= 4 is 65.2 Å². The predicted octanol–water partition coefficient (Wildman–Crippen LogP) is 7.80. The summed E-state index contributed by atoms with van der Waals surface area (Å²) in [6.45, 7) is 12.9. The summed E-state index contributed by atoms with van der Waals surface area (Å²) in [7, 11) is 0. The van der Waals surface area contributed by atoms with Gasteiger partial charge in [0.2, 0.25) is 0 Å². The summed E-state index contributed by atoms with van der Waals surface area (Å²) in [6, 6.07) is 19.5. The number of thiazole rings is 2. The maximum absolute atomic E-state index is 10.8. The number of benzene rings is 2. The van der Waals surface area contributed by atoms with Gasteiger partial charge in [0.15, 0.2) is 0 Å². The average molecular weight is 645 g/mol. The van der Waals surface area contributed by atoms with E-state index in [1.54, 1.807) is 34.0 Å². The lowest BCUT2D eigenvalue weighted by Crippen LogP contribution is -2.38. The Hall–Kier alpha value is -3.20. The van der Waals surface area contributed by atoms with E-state index >= 15 is 0 Å².